The van der Waals surface area contributed by atoms with Crippen LogP contribution in [0.25, 0.3) is 11.0 Å². The molecule has 1 aliphatic carbocycles. The van der Waals surface area contributed by atoms with Gasteiger partial charge in [0.25, 0.3) is 0 Å². The molecule has 3 nitrogen and oxygen atoms in total. The topological polar surface area (TPSA) is 59.4 Å². The summed E-state index contributed by atoms with van der Waals surface area (Å²) in [6.45, 7) is 0.186. The summed E-state index contributed by atoms with van der Waals surface area (Å²) in [4.78, 5) is 0. The van der Waals surface area contributed by atoms with Crippen LogP contribution in [0.3, 0.4) is 0 Å². The second-order valence-electron chi connectivity index (χ2n) is 4.70. The van der Waals surface area contributed by atoms with Crippen molar-refractivity contribution < 1.29 is 9.52 Å². The van der Waals surface area contributed by atoms with Crippen molar-refractivity contribution in [1.29, 1.82) is 0 Å². The summed E-state index contributed by atoms with van der Waals surface area (Å²) < 4.78 is 5.69. The lowest BCUT2D eigenvalue weighted by Crippen LogP contribution is -2.36. The predicted molar refractivity (Wildman–Crippen MR) is 66.9 cm³/mol. The highest BCUT2D eigenvalue weighted by Crippen LogP contribution is 2.46. The van der Waals surface area contributed by atoms with Crippen molar-refractivity contribution in [3.05, 3.63) is 35.0 Å². The molecule has 1 heterocycles. The first-order valence-corrected chi connectivity index (χ1v) is 6.13. The Morgan fingerprint density at radius 1 is 1.41 bits per heavy atom. The third-order valence-electron chi connectivity index (χ3n) is 3.47. The number of fused-ring (bicyclic) bond motifs is 1. The fourth-order valence-electron chi connectivity index (χ4n) is 2.26. The smallest absolute Gasteiger partial charge is 0.138 e. The molecule has 3 rings (SSSR count). The van der Waals surface area contributed by atoms with Crippen LogP contribution in [0, 0.1) is 5.92 Å². The molecular formula is C13H14ClNO2. The molecule has 0 spiro atoms. The zero-order valence-electron chi connectivity index (χ0n) is 9.32. The fourth-order valence-corrected chi connectivity index (χ4v) is 2.44. The maximum absolute atomic E-state index is 10.5. The minimum atomic E-state index is -1.02. The fraction of sp³-hybridized carbons (Fsp3) is 0.385. The van der Waals surface area contributed by atoms with Gasteiger partial charge in [-0.3, -0.25) is 0 Å². The van der Waals surface area contributed by atoms with E-state index in [0.29, 0.717) is 10.8 Å². The molecule has 1 fully saturated rings. The lowest BCUT2D eigenvalue weighted by atomic mass is 9.95. The van der Waals surface area contributed by atoms with Crippen molar-refractivity contribution in [2.24, 2.45) is 11.7 Å². The monoisotopic (exact) mass is 251 g/mol. The molecule has 3 N–H and O–H groups in total. The van der Waals surface area contributed by atoms with Gasteiger partial charge < -0.3 is 15.3 Å². The van der Waals surface area contributed by atoms with E-state index in [2.05, 4.69) is 0 Å². The largest absolute Gasteiger partial charge is 0.458 e. The van der Waals surface area contributed by atoms with Crippen LogP contribution in [0.4, 0.5) is 0 Å². The van der Waals surface area contributed by atoms with Crippen molar-refractivity contribution in [3.8, 4) is 0 Å². The van der Waals surface area contributed by atoms with Crippen molar-refractivity contribution in [1.82, 2.24) is 0 Å². The minimum absolute atomic E-state index is 0.186. The molecule has 17 heavy (non-hydrogen) atoms. The molecule has 1 unspecified atom stereocenters. The van der Waals surface area contributed by atoms with Gasteiger partial charge in [-0.05, 0) is 43.0 Å². The van der Waals surface area contributed by atoms with Gasteiger partial charge in [-0.25, -0.2) is 0 Å². The van der Waals surface area contributed by atoms with E-state index in [1.807, 2.05) is 18.2 Å². The summed E-state index contributed by atoms with van der Waals surface area (Å²) in [6.07, 6.45) is 2.01. The highest BCUT2D eigenvalue weighted by molar-refractivity contribution is 6.31. The SMILES string of the molecule is NCC(O)(c1cc2cc(Cl)ccc2o1)C1CC1. The van der Waals surface area contributed by atoms with Gasteiger partial charge >= 0.3 is 0 Å². The molecule has 90 valence electrons. The Bertz CT molecular complexity index is 562. The number of nitrogens with two attached hydrogens (primary N) is 1. The number of furan rings is 1. The zero-order chi connectivity index (χ0) is 12.0. The van der Waals surface area contributed by atoms with Gasteiger partial charge in [0.2, 0.25) is 0 Å². The second-order valence-corrected chi connectivity index (χ2v) is 5.13. The number of benzene rings is 1. The molecule has 1 aromatic carbocycles. The molecule has 0 radical (unpaired) electrons. The van der Waals surface area contributed by atoms with Crippen molar-refractivity contribution >= 4 is 22.6 Å². The van der Waals surface area contributed by atoms with Gasteiger partial charge in [0.05, 0.1) is 0 Å². The van der Waals surface area contributed by atoms with E-state index < -0.39 is 5.60 Å². The van der Waals surface area contributed by atoms with E-state index in [1.165, 1.54) is 0 Å². The molecule has 0 amide bonds. The Balaban J connectivity index is 2.10. The van der Waals surface area contributed by atoms with Gasteiger partial charge in [-0.15, -0.1) is 0 Å². The van der Waals surface area contributed by atoms with Crippen LogP contribution in [-0.4, -0.2) is 11.7 Å². The molecular weight excluding hydrogens is 238 g/mol. The van der Waals surface area contributed by atoms with Crippen LogP contribution < -0.4 is 5.73 Å². The number of hydrogen-bond donors (Lipinski definition) is 2. The lowest BCUT2D eigenvalue weighted by Gasteiger charge is -2.23. The number of hydrogen-bond acceptors (Lipinski definition) is 3. The molecule has 2 aromatic rings. The predicted octanol–water partition coefficient (Wildman–Crippen LogP) is 2.64. The van der Waals surface area contributed by atoms with E-state index in [1.54, 1.807) is 6.07 Å². The Morgan fingerprint density at radius 3 is 2.82 bits per heavy atom. The Morgan fingerprint density at radius 2 is 2.18 bits per heavy atom. The van der Waals surface area contributed by atoms with Gasteiger partial charge in [-0.2, -0.15) is 0 Å². The van der Waals surface area contributed by atoms with E-state index in [4.69, 9.17) is 21.8 Å². The summed E-state index contributed by atoms with van der Waals surface area (Å²) in [6, 6.07) is 7.25. The first kappa shape index (κ1) is 11.1. The van der Waals surface area contributed by atoms with Crippen LogP contribution in [0.15, 0.2) is 28.7 Å². The number of halogens is 1. The zero-order valence-corrected chi connectivity index (χ0v) is 10.1. The van der Waals surface area contributed by atoms with E-state index in [9.17, 15) is 5.11 Å². The summed E-state index contributed by atoms with van der Waals surface area (Å²) in [5.41, 5.74) is 5.41. The highest BCUT2D eigenvalue weighted by atomic mass is 35.5. The maximum atomic E-state index is 10.5. The van der Waals surface area contributed by atoms with E-state index >= 15 is 0 Å². The molecule has 1 saturated carbocycles. The van der Waals surface area contributed by atoms with Gasteiger partial charge in [0.15, 0.2) is 0 Å². The molecule has 0 bridgehead atoms. The Kier molecular flexibility index (Phi) is 2.43. The maximum Gasteiger partial charge on any atom is 0.138 e. The normalized spacial score (nSPS) is 19.5. The van der Waals surface area contributed by atoms with Gasteiger partial charge in [-0.1, -0.05) is 11.6 Å². The van der Waals surface area contributed by atoms with Crippen molar-refractivity contribution in [2.45, 2.75) is 18.4 Å². The number of rotatable bonds is 3. The van der Waals surface area contributed by atoms with Crippen LogP contribution >= 0.6 is 11.6 Å². The Labute approximate surface area is 104 Å². The van der Waals surface area contributed by atoms with Crippen molar-refractivity contribution in [2.75, 3.05) is 6.54 Å². The average Bonchev–Trinajstić information content (AvgIpc) is 3.08. The molecule has 1 aromatic heterocycles. The summed E-state index contributed by atoms with van der Waals surface area (Å²) in [7, 11) is 0. The van der Waals surface area contributed by atoms with Crippen LogP contribution in [0.5, 0.6) is 0 Å². The molecule has 1 aliphatic rings. The van der Waals surface area contributed by atoms with E-state index in [0.717, 1.165) is 23.8 Å². The molecule has 0 aliphatic heterocycles. The molecule has 4 heteroatoms. The molecule has 0 saturated heterocycles. The van der Waals surface area contributed by atoms with Gasteiger partial charge in [0, 0.05) is 17.0 Å². The Hall–Kier alpha value is -1.03. The first-order valence-electron chi connectivity index (χ1n) is 5.75. The standard InChI is InChI=1S/C13H14ClNO2/c14-10-3-4-11-8(5-10)6-12(17-11)13(16,7-15)9-1-2-9/h3-6,9,16H,1-2,7,15H2. The van der Waals surface area contributed by atoms with Crippen molar-refractivity contribution in [3.63, 3.8) is 0 Å². The van der Waals surface area contributed by atoms with Gasteiger partial charge in [0.1, 0.15) is 16.9 Å². The summed E-state index contributed by atoms with van der Waals surface area (Å²) >= 11 is 5.92. The average molecular weight is 252 g/mol. The molecule has 1 atom stereocenters. The van der Waals surface area contributed by atoms with Crippen LogP contribution in [0.2, 0.25) is 5.02 Å². The second kappa shape index (κ2) is 3.73. The summed E-state index contributed by atoms with van der Waals surface area (Å²) in [5, 5.41) is 12.1. The van der Waals surface area contributed by atoms with Crippen LogP contribution in [-0.2, 0) is 5.60 Å². The highest BCUT2D eigenvalue weighted by Gasteiger charge is 2.46. The third-order valence-corrected chi connectivity index (χ3v) is 3.70. The quantitative estimate of drug-likeness (QED) is 0.882. The van der Waals surface area contributed by atoms with Crippen LogP contribution in [0.1, 0.15) is 18.6 Å². The minimum Gasteiger partial charge on any atom is -0.458 e. The number of aliphatic hydroxyl groups is 1. The third kappa shape index (κ3) is 1.75. The summed E-state index contributed by atoms with van der Waals surface area (Å²) in [5.74, 6) is 0.781. The lowest BCUT2D eigenvalue weighted by molar-refractivity contribution is 0.00254. The first-order chi connectivity index (χ1) is 8.13. The van der Waals surface area contributed by atoms with E-state index in [-0.39, 0.29) is 12.5 Å².